The minimum atomic E-state index is -0.433. The van der Waals surface area contributed by atoms with Crippen LogP contribution in [0.3, 0.4) is 0 Å². The van der Waals surface area contributed by atoms with Gasteiger partial charge in [-0.25, -0.2) is 0 Å². The Balaban J connectivity index is 0.000000127. The molecule has 0 amide bonds. The summed E-state index contributed by atoms with van der Waals surface area (Å²) in [5, 5.41) is 23.3. The highest BCUT2D eigenvalue weighted by Crippen LogP contribution is 2.65. The van der Waals surface area contributed by atoms with Crippen LogP contribution >= 0.6 is 11.3 Å². The standard InChI is InChI=1S/C63H34O3.C53H32O2S/c1-3-19-39-37(17-1)55(38-18-2-4-20-40(38)56(39)44-24-14-26-46-60-54(66-62(44)46)34-33-52-58(60)42-22-8-12-30-51(42)64-52)43-23-13-25-45-59-53(65-61(43)45)32-31-50-57(59)41-21-7-11-29-49(41)63(50)47-27-9-5-15-35(47)36-16-6-10-28-48(36)63;1-53(2)39-20-9-7-16-34(39)48-40(53)23-25-43-49(48)37-19-11-18-36(52(37)55-43)47-32-14-5-3-12-30(32)46(31-13-4-6-15-33(31)47)29-22-24-41-38(28-29)50-42(54-41)26-27-45-51(50)35-17-8-10-21-44(35)56-45/h1-34H;3-28H,1-2H3. The number of benzene rings is 20. The molecule has 6 heteroatoms. The second-order valence-corrected chi connectivity index (χ2v) is 35.0. The van der Waals surface area contributed by atoms with E-state index in [9.17, 15) is 0 Å². The number of hydrogen-bond acceptors (Lipinski definition) is 6. The molecule has 0 aliphatic heterocycles. The zero-order valence-electron chi connectivity index (χ0n) is 66.1. The molecule has 0 bridgehead atoms. The molecule has 0 radical (unpaired) electrons. The van der Waals surface area contributed by atoms with Gasteiger partial charge in [-0.1, -0.05) is 317 Å². The SMILES string of the molecule is CC1(C)c2ccccc2-c2c1ccc1oc3c(-c4c5ccccc5c(-c5ccc6oc7ccc8sc9ccccc9c8c7c6c5)c5ccccc45)cccc3c21.c1ccc2c(c1)-c1ccccc1C21c2ccccc2-c2c1ccc1oc3c(-c4c5ccccc5c(-c5cccc6c5oc5ccc7oc8ccccc8c7c56)c5ccccc45)cccc3c21. The third-order valence-corrected chi connectivity index (χ3v) is 28.9. The molecule has 0 fully saturated rings. The summed E-state index contributed by atoms with van der Waals surface area (Å²) >= 11 is 1.85. The molecule has 5 nitrogen and oxygen atoms in total. The highest BCUT2D eigenvalue weighted by molar-refractivity contribution is 7.26. The van der Waals surface area contributed by atoms with Crippen LogP contribution in [0.4, 0.5) is 0 Å². The maximum atomic E-state index is 7.21. The van der Waals surface area contributed by atoms with E-state index >= 15 is 0 Å². The predicted octanol–water partition coefficient (Wildman–Crippen LogP) is 33.2. The van der Waals surface area contributed by atoms with Crippen LogP contribution in [-0.4, -0.2) is 0 Å². The van der Waals surface area contributed by atoms with Gasteiger partial charge in [0.15, 0.2) is 0 Å². The van der Waals surface area contributed by atoms with Gasteiger partial charge < -0.3 is 22.1 Å². The maximum Gasteiger partial charge on any atom is 0.143 e. The van der Waals surface area contributed by atoms with E-state index in [0.29, 0.717) is 0 Å². The van der Waals surface area contributed by atoms with Crippen molar-refractivity contribution in [1.29, 1.82) is 0 Å². The molecule has 0 atom stereocenters. The van der Waals surface area contributed by atoms with Crippen LogP contribution in [-0.2, 0) is 10.8 Å². The Kier molecular flexibility index (Phi) is 13.2. The summed E-state index contributed by atoms with van der Waals surface area (Å²) in [6.07, 6.45) is 0. The molecule has 1 spiro atoms. The highest BCUT2D eigenvalue weighted by atomic mass is 32.1. The van der Waals surface area contributed by atoms with E-state index in [1.54, 1.807) is 0 Å². The van der Waals surface area contributed by atoms with Gasteiger partial charge >= 0.3 is 0 Å². The van der Waals surface area contributed by atoms with E-state index in [-0.39, 0.29) is 5.41 Å². The second kappa shape index (κ2) is 24.2. The first-order valence-electron chi connectivity index (χ1n) is 42.1. The summed E-state index contributed by atoms with van der Waals surface area (Å²) in [6.45, 7) is 4.68. The van der Waals surface area contributed by atoms with Crippen LogP contribution in [0.5, 0.6) is 0 Å². The highest BCUT2D eigenvalue weighted by Gasteiger charge is 2.52. The lowest BCUT2D eigenvalue weighted by atomic mass is 9.70. The van der Waals surface area contributed by atoms with Crippen molar-refractivity contribution < 1.29 is 22.1 Å². The lowest BCUT2D eigenvalue weighted by molar-refractivity contribution is 0.657. The first-order chi connectivity index (χ1) is 60.3. The van der Waals surface area contributed by atoms with Gasteiger partial charge in [0.25, 0.3) is 0 Å². The zero-order valence-corrected chi connectivity index (χ0v) is 66.9. The predicted molar refractivity (Wildman–Crippen MR) is 508 cm³/mol. The number of thiophene rings is 1. The largest absolute Gasteiger partial charge is 0.456 e. The van der Waals surface area contributed by atoms with Gasteiger partial charge in [0.2, 0.25) is 0 Å². The molecule has 6 aromatic heterocycles. The van der Waals surface area contributed by atoms with Crippen LogP contribution in [0.2, 0.25) is 0 Å². The lowest BCUT2D eigenvalue weighted by Gasteiger charge is -2.30. The van der Waals surface area contributed by atoms with E-state index in [2.05, 4.69) is 360 Å². The normalized spacial score (nSPS) is 13.6. The molecule has 29 rings (SSSR count). The monoisotopic (exact) mass is 1570 g/mol. The van der Waals surface area contributed by atoms with Crippen LogP contribution in [0.15, 0.2) is 386 Å². The smallest absolute Gasteiger partial charge is 0.143 e. The summed E-state index contributed by atoms with van der Waals surface area (Å²) in [5.74, 6) is 0. The topological polar surface area (TPSA) is 65.7 Å². The van der Waals surface area contributed by atoms with Crippen LogP contribution in [0, 0.1) is 0 Å². The van der Waals surface area contributed by atoms with Crippen molar-refractivity contribution in [2.75, 3.05) is 0 Å². The van der Waals surface area contributed by atoms with Crippen molar-refractivity contribution in [3.05, 3.63) is 397 Å². The molecule has 0 saturated heterocycles. The molecule has 26 aromatic rings. The summed E-state index contributed by atoms with van der Waals surface area (Å²) in [6, 6.07) is 133. The quantitative estimate of drug-likeness (QED) is 0.164. The molecule has 6 heterocycles. The fourth-order valence-corrected chi connectivity index (χ4v) is 24.0. The Morgan fingerprint density at radius 2 is 0.525 bits per heavy atom. The summed E-state index contributed by atoms with van der Waals surface area (Å²) < 4.78 is 36.6. The first-order valence-corrected chi connectivity index (χ1v) is 42.9. The van der Waals surface area contributed by atoms with Gasteiger partial charge in [-0.2, -0.15) is 0 Å². The number of hydrogen-bond donors (Lipinski definition) is 0. The van der Waals surface area contributed by atoms with E-state index in [4.69, 9.17) is 22.1 Å². The fraction of sp³-hybridized carbons (Fsp3) is 0.0345. The summed E-state index contributed by atoms with van der Waals surface area (Å²) in [4.78, 5) is 0. The Morgan fingerprint density at radius 1 is 0.189 bits per heavy atom. The zero-order chi connectivity index (χ0) is 79.7. The number of para-hydroxylation sites is 4. The summed E-state index contributed by atoms with van der Waals surface area (Å²) in [5.41, 5.74) is 33.3. The Labute approximate surface area is 701 Å². The van der Waals surface area contributed by atoms with Gasteiger partial charge in [0, 0.05) is 113 Å². The Bertz CT molecular complexity index is 9060. The molecular formula is C116H66O5S. The van der Waals surface area contributed by atoms with Crippen molar-refractivity contribution in [2.24, 2.45) is 0 Å². The molecule has 0 unspecified atom stereocenters. The van der Waals surface area contributed by atoms with Crippen molar-refractivity contribution in [3.63, 3.8) is 0 Å². The molecule has 20 aromatic carbocycles. The molecule has 566 valence electrons. The average Bonchev–Trinajstić information content (AvgIpc) is 1.50. The second-order valence-electron chi connectivity index (χ2n) is 33.9. The molecule has 0 saturated carbocycles. The van der Waals surface area contributed by atoms with Gasteiger partial charge in [0.1, 0.15) is 55.8 Å². The minimum absolute atomic E-state index is 0.0845. The first kappa shape index (κ1) is 66.7. The molecular weight excluding hydrogens is 1510 g/mol. The third-order valence-electron chi connectivity index (χ3n) is 27.8. The average molecular weight is 1570 g/mol. The molecule has 0 N–H and O–H groups in total. The number of fused-ring (bicyclic) bond motifs is 39. The molecule has 122 heavy (non-hydrogen) atoms. The maximum absolute atomic E-state index is 7.21. The van der Waals surface area contributed by atoms with Crippen molar-refractivity contribution in [2.45, 2.75) is 24.7 Å². The van der Waals surface area contributed by atoms with E-state index in [0.717, 1.165) is 148 Å². The van der Waals surface area contributed by atoms with Gasteiger partial charge in [0.05, 0.1) is 5.41 Å². The third kappa shape index (κ3) is 8.60. The fourth-order valence-electron chi connectivity index (χ4n) is 22.9. The Morgan fingerprint density at radius 3 is 1.06 bits per heavy atom. The summed E-state index contributed by atoms with van der Waals surface area (Å²) in [7, 11) is 0. The van der Waals surface area contributed by atoms with Gasteiger partial charge in [-0.15, -0.1) is 11.3 Å². The Hall–Kier alpha value is -15.3. The van der Waals surface area contributed by atoms with E-state index < -0.39 is 5.41 Å². The van der Waals surface area contributed by atoms with Gasteiger partial charge in [-0.05, 0) is 182 Å². The minimum Gasteiger partial charge on any atom is -0.456 e. The van der Waals surface area contributed by atoms with Crippen molar-refractivity contribution >= 4 is 184 Å². The molecule has 3 aliphatic carbocycles. The van der Waals surface area contributed by atoms with Crippen LogP contribution in [0.1, 0.15) is 47.2 Å². The van der Waals surface area contributed by atoms with Crippen LogP contribution in [0.25, 0.3) is 251 Å². The van der Waals surface area contributed by atoms with Crippen molar-refractivity contribution in [1.82, 2.24) is 0 Å². The van der Waals surface area contributed by atoms with Crippen molar-refractivity contribution in [3.8, 4) is 77.9 Å². The van der Waals surface area contributed by atoms with E-state index in [1.807, 2.05) is 29.5 Å². The van der Waals surface area contributed by atoms with Crippen LogP contribution < -0.4 is 0 Å². The van der Waals surface area contributed by atoms with E-state index in [1.165, 1.54) is 136 Å². The number of rotatable bonds is 4. The van der Waals surface area contributed by atoms with Gasteiger partial charge in [-0.3, -0.25) is 0 Å². The lowest BCUT2D eigenvalue weighted by Crippen LogP contribution is -2.25. The number of furan rings is 5. The molecule has 3 aliphatic rings.